The fourth-order valence-corrected chi connectivity index (χ4v) is 2.57. The molecule has 0 spiro atoms. The van der Waals surface area contributed by atoms with Crippen LogP contribution in [0.4, 0.5) is 0 Å². The van der Waals surface area contributed by atoms with Crippen molar-refractivity contribution >= 4 is 34.8 Å². The maximum absolute atomic E-state index is 10.8. The minimum atomic E-state index is -0.918. The zero-order valence-corrected chi connectivity index (χ0v) is 14.3. The summed E-state index contributed by atoms with van der Waals surface area (Å²) in [6.07, 6.45) is 1.81. The Morgan fingerprint density at radius 1 is 1.27 bits per heavy atom. The van der Waals surface area contributed by atoms with Gasteiger partial charge in [0.05, 0.1) is 22.3 Å². The Kier molecular flexibility index (Phi) is 5.94. The topological polar surface area (TPSA) is 58.9 Å². The van der Waals surface area contributed by atoms with Crippen molar-refractivity contribution in [3.63, 3.8) is 0 Å². The molecule has 0 unspecified atom stereocenters. The van der Waals surface area contributed by atoms with Gasteiger partial charge in [0, 0.05) is 6.21 Å². The van der Waals surface area contributed by atoms with Crippen LogP contribution in [0.15, 0.2) is 47.5 Å². The summed E-state index contributed by atoms with van der Waals surface area (Å²) in [5, 5.41) is 8.85. The minimum absolute atomic E-state index is 0.286. The summed E-state index contributed by atoms with van der Waals surface area (Å²) in [5.41, 5.74) is 2.27. The van der Waals surface area contributed by atoms with Crippen LogP contribution in [0, 0.1) is 3.57 Å². The lowest BCUT2D eigenvalue weighted by Gasteiger charge is -2.05. The molecule has 2 aromatic rings. The first-order valence-electron chi connectivity index (χ1n) is 6.84. The van der Waals surface area contributed by atoms with E-state index in [-0.39, 0.29) is 5.56 Å². The molecule has 0 radical (unpaired) electrons. The van der Waals surface area contributed by atoms with Crippen molar-refractivity contribution in [1.82, 2.24) is 0 Å². The fourth-order valence-electron chi connectivity index (χ4n) is 1.88. The Morgan fingerprint density at radius 2 is 2.00 bits per heavy atom. The van der Waals surface area contributed by atoms with Gasteiger partial charge in [-0.3, -0.25) is 4.99 Å². The standard InChI is InChI=1S/C17H16INO3/c1-2-22-16-8-5-13(9-15(16)18)11-19-10-12-3-6-14(7-4-12)17(20)21/h3-9,11H,2,10H2,1H3,(H,20,21). The van der Waals surface area contributed by atoms with Crippen LogP contribution in [0.5, 0.6) is 5.75 Å². The molecule has 0 amide bonds. The number of aliphatic imine (C=N–C) groups is 1. The van der Waals surface area contributed by atoms with Crippen molar-refractivity contribution in [2.24, 2.45) is 4.99 Å². The molecule has 4 nitrogen and oxygen atoms in total. The van der Waals surface area contributed by atoms with E-state index in [1.54, 1.807) is 24.3 Å². The Hall–Kier alpha value is -1.89. The van der Waals surface area contributed by atoms with E-state index in [1.165, 1.54) is 0 Å². The number of ether oxygens (including phenoxy) is 1. The molecular weight excluding hydrogens is 393 g/mol. The molecule has 0 fully saturated rings. The molecule has 22 heavy (non-hydrogen) atoms. The number of carbonyl (C=O) groups is 1. The summed E-state index contributed by atoms with van der Waals surface area (Å²) in [7, 11) is 0. The van der Waals surface area contributed by atoms with Crippen LogP contribution in [0.3, 0.4) is 0 Å². The van der Waals surface area contributed by atoms with E-state index in [1.807, 2.05) is 31.3 Å². The third kappa shape index (κ3) is 4.56. The highest BCUT2D eigenvalue weighted by atomic mass is 127. The number of aromatic carboxylic acids is 1. The normalized spacial score (nSPS) is 10.8. The number of rotatable bonds is 6. The number of hydrogen-bond donors (Lipinski definition) is 1. The van der Waals surface area contributed by atoms with E-state index in [0.717, 1.165) is 20.4 Å². The molecule has 0 bridgehead atoms. The van der Waals surface area contributed by atoms with E-state index in [4.69, 9.17) is 9.84 Å². The Labute approximate surface area is 143 Å². The van der Waals surface area contributed by atoms with Gasteiger partial charge in [0.25, 0.3) is 0 Å². The molecule has 0 heterocycles. The highest BCUT2D eigenvalue weighted by Gasteiger charge is 2.02. The van der Waals surface area contributed by atoms with E-state index >= 15 is 0 Å². The Balaban J connectivity index is 2.00. The first-order chi connectivity index (χ1) is 10.6. The van der Waals surface area contributed by atoms with Gasteiger partial charge < -0.3 is 9.84 Å². The van der Waals surface area contributed by atoms with Crippen molar-refractivity contribution in [1.29, 1.82) is 0 Å². The highest BCUT2D eigenvalue weighted by Crippen LogP contribution is 2.21. The van der Waals surface area contributed by atoms with Gasteiger partial charge in [0.2, 0.25) is 0 Å². The van der Waals surface area contributed by atoms with Crippen molar-refractivity contribution in [3.8, 4) is 5.75 Å². The highest BCUT2D eigenvalue weighted by molar-refractivity contribution is 14.1. The van der Waals surface area contributed by atoms with Crippen molar-refractivity contribution < 1.29 is 14.6 Å². The molecule has 0 aliphatic rings. The second kappa shape index (κ2) is 7.93. The zero-order valence-electron chi connectivity index (χ0n) is 12.1. The summed E-state index contributed by atoms with van der Waals surface area (Å²) in [5.74, 6) is -0.0384. The predicted octanol–water partition coefficient (Wildman–Crippen LogP) is 4.01. The van der Waals surface area contributed by atoms with Gasteiger partial charge in [0.1, 0.15) is 5.75 Å². The smallest absolute Gasteiger partial charge is 0.335 e. The minimum Gasteiger partial charge on any atom is -0.493 e. The summed E-state index contributed by atoms with van der Waals surface area (Å²) in [4.78, 5) is 15.2. The van der Waals surface area contributed by atoms with E-state index in [2.05, 4.69) is 27.6 Å². The third-order valence-electron chi connectivity index (χ3n) is 2.97. The quantitative estimate of drug-likeness (QED) is 0.580. The summed E-state index contributed by atoms with van der Waals surface area (Å²) in [6, 6.07) is 12.7. The first-order valence-corrected chi connectivity index (χ1v) is 7.92. The molecule has 2 aromatic carbocycles. The van der Waals surface area contributed by atoms with E-state index in [0.29, 0.717) is 13.2 Å². The van der Waals surface area contributed by atoms with Gasteiger partial charge >= 0.3 is 5.97 Å². The van der Waals surface area contributed by atoms with E-state index in [9.17, 15) is 4.79 Å². The van der Waals surface area contributed by atoms with Crippen LogP contribution in [0.2, 0.25) is 0 Å². The zero-order chi connectivity index (χ0) is 15.9. The Bertz CT molecular complexity index is 681. The van der Waals surface area contributed by atoms with Gasteiger partial charge in [-0.15, -0.1) is 0 Å². The predicted molar refractivity (Wildman–Crippen MR) is 95.0 cm³/mol. The van der Waals surface area contributed by atoms with Crippen LogP contribution in [-0.2, 0) is 6.54 Å². The second-order valence-electron chi connectivity index (χ2n) is 4.59. The van der Waals surface area contributed by atoms with Gasteiger partial charge in [-0.1, -0.05) is 12.1 Å². The maximum atomic E-state index is 10.8. The number of nitrogens with zero attached hydrogens (tertiary/aromatic N) is 1. The Morgan fingerprint density at radius 3 is 2.59 bits per heavy atom. The number of halogens is 1. The molecule has 5 heteroatoms. The largest absolute Gasteiger partial charge is 0.493 e. The van der Waals surface area contributed by atoms with Crippen LogP contribution in [0.1, 0.15) is 28.4 Å². The molecule has 2 rings (SSSR count). The van der Waals surface area contributed by atoms with Crippen molar-refractivity contribution in [2.75, 3.05) is 6.61 Å². The molecule has 0 aromatic heterocycles. The lowest BCUT2D eigenvalue weighted by molar-refractivity contribution is 0.0697. The van der Waals surface area contributed by atoms with Crippen LogP contribution < -0.4 is 4.74 Å². The number of carboxylic acids is 1. The SMILES string of the molecule is CCOc1ccc(C=NCc2ccc(C(=O)O)cc2)cc1I. The number of hydrogen-bond acceptors (Lipinski definition) is 3. The molecule has 0 atom stereocenters. The number of carboxylic acid groups (broad SMARTS) is 1. The summed E-state index contributed by atoms with van der Waals surface area (Å²) >= 11 is 2.24. The lowest BCUT2D eigenvalue weighted by Crippen LogP contribution is -1.96. The molecular formula is C17H16INO3. The van der Waals surface area contributed by atoms with E-state index < -0.39 is 5.97 Å². The van der Waals surface area contributed by atoms with Crippen LogP contribution in [0.25, 0.3) is 0 Å². The van der Waals surface area contributed by atoms with Gasteiger partial charge in [-0.05, 0) is 71.0 Å². The van der Waals surface area contributed by atoms with Crippen molar-refractivity contribution in [2.45, 2.75) is 13.5 Å². The van der Waals surface area contributed by atoms with Gasteiger partial charge in [0.15, 0.2) is 0 Å². The van der Waals surface area contributed by atoms with Gasteiger partial charge in [-0.25, -0.2) is 4.79 Å². The summed E-state index contributed by atoms with van der Waals surface area (Å²) in [6.45, 7) is 3.13. The van der Waals surface area contributed by atoms with Crippen LogP contribution >= 0.6 is 22.6 Å². The molecule has 0 aliphatic heterocycles. The summed E-state index contributed by atoms with van der Waals surface area (Å²) < 4.78 is 6.55. The van der Waals surface area contributed by atoms with Crippen molar-refractivity contribution in [3.05, 3.63) is 62.7 Å². The average molecular weight is 409 g/mol. The first kappa shape index (κ1) is 16.5. The molecule has 114 valence electrons. The monoisotopic (exact) mass is 409 g/mol. The average Bonchev–Trinajstić information content (AvgIpc) is 2.50. The molecule has 0 saturated heterocycles. The second-order valence-corrected chi connectivity index (χ2v) is 5.76. The number of benzene rings is 2. The lowest BCUT2D eigenvalue weighted by atomic mass is 10.1. The van der Waals surface area contributed by atoms with Gasteiger partial charge in [-0.2, -0.15) is 0 Å². The molecule has 0 saturated carbocycles. The van der Waals surface area contributed by atoms with Crippen LogP contribution in [-0.4, -0.2) is 23.9 Å². The third-order valence-corrected chi connectivity index (χ3v) is 3.81. The fraction of sp³-hybridized carbons (Fsp3) is 0.176. The molecule has 1 N–H and O–H groups in total. The molecule has 0 aliphatic carbocycles. The maximum Gasteiger partial charge on any atom is 0.335 e.